The number of carbonyl (C=O) groups is 3. The minimum Gasteiger partial charge on any atom is -0.339 e. The number of nitrogens with zero attached hydrogens (tertiary/aromatic N) is 4. The lowest BCUT2D eigenvalue weighted by Crippen LogP contribution is -2.53. The fourth-order valence-electron chi connectivity index (χ4n) is 4.76. The second kappa shape index (κ2) is 9.85. The number of benzene rings is 1. The highest BCUT2D eigenvalue weighted by molar-refractivity contribution is 5.97. The van der Waals surface area contributed by atoms with Gasteiger partial charge in [0.15, 0.2) is 0 Å². The van der Waals surface area contributed by atoms with Gasteiger partial charge in [0.25, 0.3) is 0 Å². The maximum Gasteiger partial charge on any atom is 0.321 e. The summed E-state index contributed by atoms with van der Waals surface area (Å²) in [5.74, 6) is -0.401. The van der Waals surface area contributed by atoms with Gasteiger partial charge >= 0.3 is 6.03 Å². The van der Waals surface area contributed by atoms with Gasteiger partial charge in [0, 0.05) is 57.4 Å². The predicted octanol–water partition coefficient (Wildman–Crippen LogP) is 2.50. The van der Waals surface area contributed by atoms with E-state index in [1.165, 1.54) is 29.5 Å². The van der Waals surface area contributed by atoms with Crippen molar-refractivity contribution in [3.63, 3.8) is 0 Å². The molecule has 1 atom stereocenters. The first kappa shape index (κ1) is 22.5. The van der Waals surface area contributed by atoms with Crippen LogP contribution in [0.2, 0.25) is 0 Å². The van der Waals surface area contributed by atoms with Crippen LogP contribution in [0.5, 0.6) is 0 Å². The molecule has 1 N–H and O–H groups in total. The molecule has 1 aromatic carbocycles. The van der Waals surface area contributed by atoms with Crippen LogP contribution >= 0.6 is 0 Å². The highest BCUT2D eigenvalue weighted by atomic mass is 19.1. The Hall–Kier alpha value is -2.68. The van der Waals surface area contributed by atoms with Gasteiger partial charge in [0.2, 0.25) is 11.8 Å². The normalized spacial score (nSPS) is 22.4. The summed E-state index contributed by atoms with van der Waals surface area (Å²) in [5.41, 5.74) is 0.670. The van der Waals surface area contributed by atoms with E-state index in [1.54, 1.807) is 4.90 Å². The first-order chi connectivity index (χ1) is 15.4. The Morgan fingerprint density at radius 1 is 1.06 bits per heavy atom. The Bertz CT molecular complexity index is 871. The van der Waals surface area contributed by atoms with Gasteiger partial charge in [0.1, 0.15) is 5.82 Å². The zero-order chi connectivity index (χ0) is 22.7. The number of hydrogen-bond acceptors (Lipinski definition) is 4. The Kier molecular flexibility index (Phi) is 6.93. The highest BCUT2D eigenvalue weighted by Crippen LogP contribution is 2.27. The number of nitrogens with one attached hydrogen (secondary N) is 1. The lowest BCUT2D eigenvalue weighted by atomic mass is 10.0. The quantitative estimate of drug-likeness (QED) is 0.773. The molecule has 3 aliphatic heterocycles. The van der Waals surface area contributed by atoms with Crippen molar-refractivity contribution >= 4 is 29.2 Å². The van der Waals surface area contributed by atoms with Crippen molar-refractivity contribution in [1.29, 1.82) is 0 Å². The molecule has 1 unspecified atom stereocenters. The van der Waals surface area contributed by atoms with Gasteiger partial charge in [-0.05, 0) is 50.8 Å². The second-order valence-electron chi connectivity index (χ2n) is 8.94. The molecule has 9 heteroatoms. The molecule has 3 fully saturated rings. The first-order valence-corrected chi connectivity index (χ1v) is 11.6. The lowest BCUT2D eigenvalue weighted by Gasteiger charge is -2.38. The Balaban J connectivity index is 1.28. The van der Waals surface area contributed by atoms with Crippen LogP contribution in [0, 0.1) is 5.82 Å². The molecule has 3 saturated heterocycles. The number of piperazine rings is 1. The molecule has 32 heavy (non-hydrogen) atoms. The van der Waals surface area contributed by atoms with Gasteiger partial charge in [-0.1, -0.05) is 0 Å². The summed E-state index contributed by atoms with van der Waals surface area (Å²) < 4.78 is 14.2. The third kappa shape index (κ3) is 5.03. The van der Waals surface area contributed by atoms with Crippen LogP contribution in [0.25, 0.3) is 0 Å². The molecule has 0 radical (unpaired) electrons. The molecule has 0 bridgehead atoms. The minimum absolute atomic E-state index is 0.100. The van der Waals surface area contributed by atoms with Gasteiger partial charge in [0.05, 0.1) is 12.2 Å². The van der Waals surface area contributed by atoms with Crippen molar-refractivity contribution in [3.05, 3.63) is 24.0 Å². The van der Waals surface area contributed by atoms with E-state index in [0.29, 0.717) is 63.8 Å². The van der Waals surface area contributed by atoms with Gasteiger partial charge in [-0.2, -0.15) is 0 Å². The molecule has 4 amide bonds. The molecule has 3 aliphatic rings. The van der Waals surface area contributed by atoms with E-state index in [9.17, 15) is 18.8 Å². The van der Waals surface area contributed by atoms with Gasteiger partial charge in [-0.3, -0.25) is 14.5 Å². The molecule has 174 valence electrons. The summed E-state index contributed by atoms with van der Waals surface area (Å²) in [6, 6.07) is 4.35. The van der Waals surface area contributed by atoms with Crippen LogP contribution in [-0.4, -0.2) is 84.4 Å². The van der Waals surface area contributed by atoms with Crippen molar-refractivity contribution in [3.8, 4) is 0 Å². The zero-order valence-corrected chi connectivity index (χ0v) is 18.7. The molecule has 0 aromatic heterocycles. The smallest absolute Gasteiger partial charge is 0.321 e. The van der Waals surface area contributed by atoms with Gasteiger partial charge in [-0.15, -0.1) is 0 Å². The van der Waals surface area contributed by atoms with Crippen molar-refractivity contribution in [1.82, 2.24) is 14.7 Å². The SMILES string of the molecule is CC1CCCCN1C(=O)CN1CCN(C(=O)Nc2ccc(F)c(N3CCCC3=O)c2)CC1. The van der Waals surface area contributed by atoms with Crippen molar-refractivity contribution in [2.75, 3.05) is 56.0 Å². The fraction of sp³-hybridized carbons (Fsp3) is 0.609. The molecule has 3 heterocycles. The Morgan fingerprint density at radius 3 is 2.53 bits per heavy atom. The summed E-state index contributed by atoms with van der Waals surface area (Å²) in [6.45, 7) is 6.15. The van der Waals surface area contributed by atoms with E-state index in [1.807, 2.05) is 4.90 Å². The van der Waals surface area contributed by atoms with Crippen LogP contribution in [0.4, 0.5) is 20.6 Å². The van der Waals surface area contributed by atoms with E-state index >= 15 is 0 Å². The van der Waals surface area contributed by atoms with Crippen molar-refractivity contribution < 1.29 is 18.8 Å². The molecule has 0 spiro atoms. The largest absolute Gasteiger partial charge is 0.339 e. The molecule has 0 aliphatic carbocycles. The lowest BCUT2D eigenvalue weighted by molar-refractivity contribution is -0.136. The van der Waals surface area contributed by atoms with Crippen LogP contribution in [0.15, 0.2) is 18.2 Å². The van der Waals surface area contributed by atoms with Crippen LogP contribution in [-0.2, 0) is 9.59 Å². The Morgan fingerprint density at radius 2 is 1.84 bits per heavy atom. The minimum atomic E-state index is -0.473. The van der Waals surface area contributed by atoms with Crippen molar-refractivity contribution in [2.45, 2.75) is 45.1 Å². The van der Waals surface area contributed by atoms with E-state index in [4.69, 9.17) is 0 Å². The summed E-state index contributed by atoms with van der Waals surface area (Å²) in [7, 11) is 0. The maximum absolute atomic E-state index is 14.2. The van der Waals surface area contributed by atoms with Crippen LogP contribution in [0.1, 0.15) is 39.0 Å². The fourth-order valence-corrected chi connectivity index (χ4v) is 4.76. The summed E-state index contributed by atoms with van der Waals surface area (Å²) in [4.78, 5) is 44.6. The number of amides is 4. The third-order valence-corrected chi connectivity index (χ3v) is 6.70. The molecular formula is C23H32FN5O3. The zero-order valence-electron chi connectivity index (χ0n) is 18.7. The number of rotatable bonds is 4. The predicted molar refractivity (Wildman–Crippen MR) is 120 cm³/mol. The van der Waals surface area contributed by atoms with Crippen LogP contribution < -0.4 is 10.2 Å². The van der Waals surface area contributed by atoms with E-state index in [0.717, 1.165) is 19.4 Å². The second-order valence-corrected chi connectivity index (χ2v) is 8.94. The molecule has 4 rings (SSSR count). The number of urea groups is 1. The number of carbonyl (C=O) groups excluding carboxylic acids is 3. The molecule has 0 saturated carbocycles. The summed E-state index contributed by atoms with van der Waals surface area (Å²) >= 11 is 0. The third-order valence-electron chi connectivity index (χ3n) is 6.70. The first-order valence-electron chi connectivity index (χ1n) is 11.6. The van der Waals surface area contributed by atoms with E-state index in [2.05, 4.69) is 17.1 Å². The van der Waals surface area contributed by atoms with Gasteiger partial charge < -0.3 is 20.0 Å². The summed E-state index contributed by atoms with van der Waals surface area (Å²) in [6.07, 6.45) is 4.44. The number of hydrogen-bond donors (Lipinski definition) is 1. The number of piperidine rings is 1. The monoisotopic (exact) mass is 445 g/mol. The maximum atomic E-state index is 14.2. The standard InChI is InChI=1S/C23H32FN5O3/c1-17-5-2-3-9-28(17)22(31)16-26-11-13-27(14-12-26)23(32)25-18-7-8-19(24)20(15-18)29-10-4-6-21(29)30/h7-8,15,17H,2-6,9-14,16H2,1H3,(H,25,32). The van der Waals surface area contributed by atoms with Crippen molar-refractivity contribution in [2.24, 2.45) is 0 Å². The number of anilines is 2. The van der Waals surface area contributed by atoms with Crippen LogP contribution in [0.3, 0.4) is 0 Å². The average Bonchev–Trinajstić information content (AvgIpc) is 3.21. The highest BCUT2D eigenvalue weighted by Gasteiger charge is 2.28. The summed E-state index contributed by atoms with van der Waals surface area (Å²) in [5, 5.41) is 2.82. The van der Waals surface area contributed by atoms with E-state index in [-0.39, 0.29) is 23.5 Å². The average molecular weight is 446 g/mol. The van der Waals surface area contributed by atoms with E-state index < -0.39 is 5.82 Å². The Labute approximate surface area is 188 Å². The number of halogens is 1. The molecular weight excluding hydrogens is 413 g/mol. The number of likely N-dealkylation sites (tertiary alicyclic amines) is 1. The topological polar surface area (TPSA) is 76.2 Å². The van der Waals surface area contributed by atoms with Gasteiger partial charge in [-0.25, -0.2) is 9.18 Å². The molecule has 8 nitrogen and oxygen atoms in total. The molecule has 1 aromatic rings.